The highest BCUT2D eigenvalue weighted by atomic mass is 32.1. The highest BCUT2D eigenvalue weighted by Gasteiger charge is 2.41. The first-order valence-corrected chi connectivity index (χ1v) is 15.7. The Hall–Kier alpha value is -5.19. The molecule has 0 amide bonds. The van der Waals surface area contributed by atoms with E-state index in [4.69, 9.17) is 15.0 Å². The highest BCUT2D eigenvalue weighted by molar-refractivity contribution is 7.19. The van der Waals surface area contributed by atoms with Gasteiger partial charge in [-0.05, 0) is 33.9 Å². The summed E-state index contributed by atoms with van der Waals surface area (Å²) in [5.41, 5.74) is 10.7. The van der Waals surface area contributed by atoms with E-state index in [0.29, 0.717) is 17.5 Å². The number of aromatic nitrogens is 3. The van der Waals surface area contributed by atoms with Crippen LogP contribution in [0.5, 0.6) is 0 Å². The van der Waals surface area contributed by atoms with Crippen LogP contribution in [0.25, 0.3) is 66.2 Å². The van der Waals surface area contributed by atoms with Gasteiger partial charge in [0.05, 0.1) is 0 Å². The summed E-state index contributed by atoms with van der Waals surface area (Å²) in [5.74, 6) is 2.00. The zero-order valence-corrected chi connectivity index (χ0v) is 25.3. The Morgan fingerprint density at radius 3 is 1.55 bits per heavy atom. The Morgan fingerprint density at radius 1 is 0.455 bits per heavy atom. The van der Waals surface area contributed by atoms with Gasteiger partial charge in [-0.25, -0.2) is 15.0 Å². The third-order valence-corrected chi connectivity index (χ3v) is 9.81. The van der Waals surface area contributed by atoms with E-state index < -0.39 is 0 Å². The van der Waals surface area contributed by atoms with Crippen molar-refractivity contribution in [1.82, 2.24) is 15.0 Å². The molecule has 0 atom stereocenters. The lowest BCUT2D eigenvalue weighted by molar-refractivity contribution is 0.664. The van der Waals surface area contributed by atoms with Crippen LogP contribution >= 0.6 is 11.3 Å². The minimum Gasteiger partial charge on any atom is -0.208 e. The van der Waals surface area contributed by atoms with Gasteiger partial charge in [-0.1, -0.05) is 147 Å². The van der Waals surface area contributed by atoms with Crippen molar-refractivity contribution >= 4 is 11.3 Å². The Labute approximate surface area is 261 Å². The van der Waals surface area contributed by atoms with Crippen molar-refractivity contribution in [3.05, 3.63) is 151 Å². The third-order valence-electron chi connectivity index (χ3n) is 8.52. The summed E-state index contributed by atoms with van der Waals surface area (Å²) >= 11 is 1.88. The molecule has 0 bridgehead atoms. The second kappa shape index (κ2) is 10.5. The molecule has 2 aromatic heterocycles. The molecule has 8 rings (SSSR count). The first-order valence-electron chi connectivity index (χ1n) is 14.9. The van der Waals surface area contributed by atoms with Crippen LogP contribution in [0.4, 0.5) is 0 Å². The molecule has 4 heteroatoms. The van der Waals surface area contributed by atoms with Crippen molar-refractivity contribution in [2.24, 2.45) is 0 Å². The van der Waals surface area contributed by atoms with Gasteiger partial charge in [-0.15, -0.1) is 11.3 Å². The van der Waals surface area contributed by atoms with E-state index in [9.17, 15) is 0 Å². The molecule has 5 aromatic carbocycles. The minimum absolute atomic E-state index is 0.130. The smallest absolute Gasteiger partial charge is 0.164 e. The Balaban J connectivity index is 1.32. The van der Waals surface area contributed by atoms with Crippen LogP contribution in [-0.4, -0.2) is 15.0 Å². The monoisotopic (exact) mass is 583 g/mol. The fraction of sp³-hybridized carbons (Fsp3) is 0.0750. The van der Waals surface area contributed by atoms with Gasteiger partial charge in [0.25, 0.3) is 0 Å². The second-order valence-corrected chi connectivity index (χ2v) is 12.7. The van der Waals surface area contributed by atoms with Crippen LogP contribution in [0.3, 0.4) is 0 Å². The van der Waals surface area contributed by atoms with Crippen molar-refractivity contribution in [2.75, 3.05) is 0 Å². The Bertz CT molecular complexity index is 2070. The molecule has 2 heterocycles. The summed E-state index contributed by atoms with van der Waals surface area (Å²) in [7, 11) is 0. The number of fused-ring (bicyclic) bond motifs is 3. The molecular formula is C40H29N3S. The molecule has 0 fully saturated rings. The van der Waals surface area contributed by atoms with Gasteiger partial charge in [-0.2, -0.15) is 0 Å². The minimum atomic E-state index is -0.130. The van der Waals surface area contributed by atoms with E-state index in [-0.39, 0.29) is 5.41 Å². The molecule has 210 valence electrons. The fourth-order valence-corrected chi connectivity index (χ4v) is 7.87. The van der Waals surface area contributed by atoms with Gasteiger partial charge in [0.2, 0.25) is 0 Å². The molecule has 0 radical (unpaired) electrons. The molecule has 1 aliphatic rings. The maximum absolute atomic E-state index is 5.00. The van der Waals surface area contributed by atoms with Crippen molar-refractivity contribution in [1.29, 1.82) is 0 Å². The van der Waals surface area contributed by atoms with Crippen LogP contribution in [0.2, 0.25) is 0 Å². The molecule has 0 unspecified atom stereocenters. The third kappa shape index (κ3) is 4.38. The SMILES string of the molecule is CC1(C)c2ccccc2-c2c(-c3ccccc3)sc(-c3cccc(-c4nc(-c5ccccc5)nc(-c5ccccc5)n4)c3)c21. The first kappa shape index (κ1) is 26.4. The van der Waals surface area contributed by atoms with E-state index in [0.717, 1.165) is 16.7 Å². The van der Waals surface area contributed by atoms with E-state index in [1.807, 2.05) is 72.0 Å². The number of rotatable bonds is 5. The number of thiophene rings is 1. The van der Waals surface area contributed by atoms with Crippen molar-refractivity contribution < 1.29 is 0 Å². The number of hydrogen-bond donors (Lipinski definition) is 0. The van der Waals surface area contributed by atoms with Gasteiger partial charge in [0.1, 0.15) is 0 Å². The Kier molecular flexibility index (Phi) is 6.32. The zero-order valence-electron chi connectivity index (χ0n) is 24.5. The maximum Gasteiger partial charge on any atom is 0.164 e. The molecule has 0 spiro atoms. The van der Waals surface area contributed by atoms with Gasteiger partial charge < -0.3 is 0 Å². The van der Waals surface area contributed by atoms with E-state index >= 15 is 0 Å². The molecule has 44 heavy (non-hydrogen) atoms. The number of benzene rings is 5. The summed E-state index contributed by atoms with van der Waals surface area (Å²) in [4.78, 5) is 17.5. The normalized spacial score (nSPS) is 13.0. The maximum atomic E-state index is 5.00. The van der Waals surface area contributed by atoms with Gasteiger partial charge in [0, 0.05) is 37.4 Å². The number of hydrogen-bond acceptors (Lipinski definition) is 4. The quantitative estimate of drug-likeness (QED) is 0.202. The van der Waals surface area contributed by atoms with Crippen molar-refractivity contribution in [3.8, 4) is 66.2 Å². The van der Waals surface area contributed by atoms with Crippen LogP contribution < -0.4 is 0 Å². The molecule has 0 N–H and O–H groups in total. The van der Waals surface area contributed by atoms with Gasteiger partial charge in [0.15, 0.2) is 17.5 Å². The fourth-order valence-electron chi connectivity index (χ4n) is 6.40. The second-order valence-electron chi connectivity index (χ2n) is 11.7. The predicted molar refractivity (Wildman–Crippen MR) is 182 cm³/mol. The lowest BCUT2D eigenvalue weighted by atomic mass is 9.81. The Morgan fingerprint density at radius 2 is 0.932 bits per heavy atom. The van der Waals surface area contributed by atoms with Gasteiger partial charge >= 0.3 is 0 Å². The van der Waals surface area contributed by atoms with Crippen LogP contribution in [0.1, 0.15) is 25.0 Å². The lowest BCUT2D eigenvalue weighted by Crippen LogP contribution is -2.15. The van der Waals surface area contributed by atoms with E-state index in [1.54, 1.807) is 0 Å². The standard InChI is InChI=1S/C40H29N3S/c1-40(2)32-24-13-12-23-31(32)33-34(40)36(44-35(33)26-15-6-3-7-16-26)29-21-14-22-30(25-29)39-42-37(27-17-8-4-9-18-27)41-38(43-39)28-19-10-5-11-20-28/h3-25H,1-2H3. The number of nitrogens with zero attached hydrogens (tertiary/aromatic N) is 3. The summed E-state index contributed by atoms with van der Waals surface area (Å²) < 4.78 is 0. The summed E-state index contributed by atoms with van der Waals surface area (Å²) in [6, 6.07) is 48.7. The van der Waals surface area contributed by atoms with Crippen LogP contribution in [0.15, 0.2) is 140 Å². The molecule has 0 aliphatic heterocycles. The van der Waals surface area contributed by atoms with E-state index in [2.05, 4.69) is 92.7 Å². The topological polar surface area (TPSA) is 38.7 Å². The first-order chi connectivity index (χ1) is 21.6. The van der Waals surface area contributed by atoms with Crippen LogP contribution in [-0.2, 0) is 5.41 Å². The molecular weight excluding hydrogens is 555 g/mol. The summed E-state index contributed by atoms with van der Waals surface area (Å²) in [6.45, 7) is 4.72. The predicted octanol–water partition coefficient (Wildman–Crippen LogP) is 10.6. The molecule has 3 nitrogen and oxygen atoms in total. The molecule has 0 saturated carbocycles. The molecule has 1 aliphatic carbocycles. The summed E-state index contributed by atoms with van der Waals surface area (Å²) in [6.07, 6.45) is 0. The lowest BCUT2D eigenvalue weighted by Gasteiger charge is -2.22. The molecule has 0 saturated heterocycles. The molecule has 7 aromatic rings. The average Bonchev–Trinajstić information content (AvgIpc) is 3.61. The largest absolute Gasteiger partial charge is 0.208 e. The summed E-state index contributed by atoms with van der Waals surface area (Å²) in [5, 5.41) is 0. The van der Waals surface area contributed by atoms with E-state index in [1.165, 1.54) is 43.1 Å². The average molecular weight is 584 g/mol. The van der Waals surface area contributed by atoms with Crippen molar-refractivity contribution in [3.63, 3.8) is 0 Å². The van der Waals surface area contributed by atoms with Crippen LogP contribution in [0, 0.1) is 0 Å². The van der Waals surface area contributed by atoms with Gasteiger partial charge in [-0.3, -0.25) is 0 Å². The highest BCUT2D eigenvalue weighted by Crippen LogP contribution is 2.59. The zero-order chi connectivity index (χ0) is 29.7. The van der Waals surface area contributed by atoms with Crippen molar-refractivity contribution in [2.45, 2.75) is 19.3 Å².